The fourth-order valence-electron chi connectivity index (χ4n) is 2.98. The van der Waals surface area contributed by atoms with Gasteiger partial charge in [0.1, 0.15) is 12.2 Å². The van der Waals surface area contributed by atoms with E-state index in [0.29, 0.717) is 34.8 Å². The Morgan fingerprint density at radius 2 is 1.69 bits per heavy atom. The number of nitrogens with zero attached hydrogens (tertiary/aromatic N) is 3. The molecule has 1 amide bonds. The first kappa shape index (κ1) is 18.0. The van der Waals surface area contributed by atoms with Crippen LogP contribution in [-0.2, 0) is 24.4 Å². The smallest absolute Gasteiger partial charge is 0.325 e. The Morgan fingerprint density at radius 1 is 1.04 bits per heavy atom. The topological polar surface area (TPSA) is 78.0 Å². The highest BCUT2D eigenvalue weighted by Gasteiger charge is 2.16. The molecule has 7 nitrogen and oxygen atoms in total. The van der Waals surface area contributed by atoms with E-state index in [1.165, 1.54) is 9.13 Å². The molecule has 0 fully saturated rings. The Kier molecular flexibility index (Phi) is 4.99. The van der Waals surface area contributed by atoms with Crippen molar-refractivity contribution in [2.75, 3.05) is 5.32 Å². The third-order valence-electron chi connectivity index (χ3n) is 4.20. The van der Waals surface area contributed by atoms with Crippen molar-refractivity contribution in [3.8, 4) is 0 Å². The van der Waals surface area contributed by atoms with Gasteiger partial charge in [-0.3, -0.25) is 18.7 Å². The van der Waals surface area contributed by atoms with E-state index in [1.54, 1.807) is 48.0 Å². The van der Waals surface area contributed by atoms with Crippen LogP contribution in [0.3, 0.4) is 0 Å². The van der Waals surface area contributed by atoms with Crippen LogP contribution in [0.5, 0.6) is 0 Å². The van der Waals surface area contributed by atoms with Gasteiger partial charge >= 0.3 is 5.69 Å². The molecule has 8 heteroatoms. The molecule has 0 radical (unpaired) electrons. The molecule has 0 saturated heterocycles. The lowest BCUT2D eigenvalue weighted by Crippen LogP contribution is -2.39. The molecule has 3 rings (SSSR count). The van der Waals surface area contributed by atoms with Crippen LogP contribution in [-0.4, -0.2) is 19.6 Å². The highest BCUT2D eigenvalue weighted by molar-refractivity contribution is 6.30. The van der Waals surface area contributed by atoms with Gasteiger partial charge in [0.2, 0.25) is 5.91 Å². The zero-order chi connectivity index (χ0) is 18.8. The van der Waals surface area contributed by atoms with Gasteiger partial charge in [-0.15, -0.1) is 0 Å². The molecule has 0 spiro atoms. The van der Waals surface area contributed by atoms with Crippen molar-refractivity contribution in [3.05, 3.63) is 62.4 Å². The van der Waals surface area contributed by atoms with Crippen LogP contribution < -0.4 is 16.6 Å². The van der Waals surface area contributed by atoms with Crippen LogP contribution in [0, 0.1) is 0 Å². The number of nitrogens with one attached hydrogen (secondary N) is 1. The summed E-state index contributed by atoms with van der Waals surface area (Å²) in [6, 6.07) is 8.42. The first-order chi connectivity index (χ1) is 12.5. The third-order valence-corrected chi connectivity index (χ3v) is 4.45. The molecule has 26 heavy (non-hydrogen) atoms. The molecular formula is C18H19ClN4O3. The quantitative estimate of drug-likeness (QED) is 0.744. The Morgan fingerprint density at radius 3 is 2.31 bits per heavy atom. The van der Waals surface area contributed by atoms with E-state index in [-0.39, 0.29) is 23.7 Å². The van der Waals surface area contributed by atoms with Crippen LogP contribution in [0.15, 0.2) is 46.1 Å². The Bertz CT molecular complexity index is 1080. The van der Waals surface area contributed by atoms with Gasteiger partial charge in [0.25, 0.3) is 5.56 Å². The first-order valence-electron chi connectivity index (χ1n) is 8.34. The van der Waals surface area contributed by atoms with Gasteiger partial charge in [-0.1, -0.05) is 11.6 Å². The predicted molar refractivity (Wildman–Crippen MR) is 102 cm³/mol. The maximum Gasteiger partial charge on any atom is 0.332 e. The van der Waals surface area contributed by atoms with Crippen LogP contribution in [0.25, 0.3) is 11.0 Å². The molecule has 0 aliphatic carbocycles. The standard InChI is InChI=1S/C18H19ClN4O3/c1-3-22-16-14(17(25)23(4-2)18(22)26)9-10-21(16)11-15(24)20-13-7-5-12(19)6-8-13/h5-10H,3-4,11H2,1-2H3,(H,20,24). The van der Waals surface area contributed by atoms with E-state index in [2.05, 4.69) is 5.32 Å². The molecule has 1 aromatic carbocycles. The second-order valence-electron chi connectivity index (χ2n) is 5.81. The zero-order valence-electron chi connectivity index (χ0n) is 14.5. The number of halogens is 1. The average molecular weight is 375 g/mol. The lowest BCUT2D eigenvalue weighted by molar-refractivity contribution is -0.116. The summed E-state index contributed by atoms with van der Waals surface area (Å²) in [5.41, 5.74) is 0.371. The number of aryl methyl sites for hydroxylation is 1. The minimum atomic E-state index is -0.370. The zero-order valence-corrected chi connectivity index (χ0v) is 15.3. The summed E-state index contributed by atoms with van der Waals surface area (Å²) < 4.78 is 4.33. The average Bonchev–Trinajstić information content (AvgIpc) is 3.01. The molecule has 2 aromatic heterocycles. The van der Waals surface area contributed by atoms with Gasteiger partial charge in [-0.25, -0.2) is 4.79 Å². The van der Waals surface area contributed by atoms with Crippen molar-refractivity contribution in [3.63, 3.8) is 0 Å². The summed E-state index contributed by atoms with van der Waals surface area (Å²) in [5.74, 6) is -0.264. The van der Waals surface area contributed by atoms with Crippen molar-refractivity contribution in [2.24, 2.45) is 0 Å². The van der Waals surface area contributed by atoms with Crippen molar-refractivity contribution in [2.45, 2.75) is 33.5 Å². The Labute approximate surface area is 154 Å². The van der Waals surface area contributed by atoms with Gasteiger partial charge in [0.15, 0.2) is 0 Å². The van der Waals surface area contributed by atoms with E-state index in [0.717, 1.165) is 0 Å². The molecule has 3 aromatic rings. The Hall–Kier alpha value is -2.80. The highest BCUT2D eigenvalue weighted by atomic mass is 35.5. The SMILES string of the molecule is CCn1c(=O)c2ccn(CC(=O)Nc3ccc(Cl)cc3)c2n(CC)c1=O. The molecule has 0 aliphatic heterocycles. The molecule has 136 valence electrons. The molecule has 2 heterocycles. The van der Waals surface area contributed by atoms with Crippen molar-refractivity contribution < 1.29 is 4.79 Å². The van der Waals surface area contributed by atoms with Crippen molar-refractivity contribution in [1.29, 1.82) is 0 Å². The number of rotatable bonds is 5. The summed E-state index contributed by atoms with van der Waals surface area (Å²) >= 11 is 5.84. The number of amides is 1. The minimum absolute atomic E-state index is 0.0128. The number of carbonyl (C=O) groups is 1. The lowest BCUT2D eigenvalue weighted by Gasteiger charge is -2.13. The van der Waals surface area contributed by atoms with Crippen LogP contribution in [0.4, 0.5) is 5.69 Å². The summed E-state index contributed by atoms with van der Waals surface area (Å²) in [6.45, 7) is 4.27. The normalized spacial score (nSPS) is 11.0. The van der Waals surface area contributed by atoms with Crippen LogP contribution >= 0.6 is 11.6 Å². The summed E-state index contributed by atoms with van der Waals surface area (Å²) in [5, 5.41) is 3.78. The number of anilines is 1. The summed E-state index contributed by atoms with van der Waals surface area (Å²) in [4.78, 5) is 37.4. The molecule has 0 aliphatic rings. The van der Waals surface area contributed by atoms with E-state index in [1.807, 2.05) is 6.92 Å². The molecule has 0 unspecified atom stereocenters. The van der Waals surface area contributed by atoms with Gasteiger partial charge in [0.05, 0.1) is 5.39 Å². The fourth-order valence-corrected chi connectivity index (χ4v) is 3.11. The van der Waals surface area contributed by atoms with E-state index < -0.39 is 0 Å². The van der Waals surface area contributed by atoms with Gasteiger partial charge in [-0.2, -0.15) is 0 Å². The fraction of sp³-hybridized carbons (Fsp3) is 0.278. The van der Waals surface area contributed by atoms with Crippen molar-refractivity contribution >= 4 is 34.2 Å². The molecule has 1 N–H and O–H groups in total. The number of carbonyl (C=O) groups excluding carboxylic acids is 1. The monoisotopic (exact) mass is 374 g/mol. The molecule has 0 atom stereocenters. The molecular weight excluding hydrogens is 356 g/mol. The van der Waals surface area contributed by atoms with E-state index in [9.17, 15) is 14.4 Å². The van der Waals surface area contributed by atoms with Gasteiger partial charge in [-0.05, 0) is 44.2 Å². The third kappa shape index (κ3) is 3.17. The van der Waals surface area contributed by atoms with Crippen molar-refractivity contribution in [1.82, 2.24) is 13.7 Å². The molecule has 0 bridgehead atoms. The van der Waals surface area contributed by atoms with Crippen LogP contribution in [0.2, 0.25) is 5.02 Å². The van der Waals surface area contributed by atoms with Gasteiger partial charge in [0, 0.05) is 30.0 Å². The van der Waals surface area contributed by atoms with Gasteiger partial charge < -0.3 is 9.88 Å². The highest BCUT2D eigenvalue weighted by Crippen LogP contribution is 2.14. The number of benzene rings is 1. The predicted octanol–water partition coefficient (Wildman–Crippen LogP) is 2.30. The van der Waals surface area contributed by atoms with Crippen LogP contribution in [0.1, 0.15) is 13.8 Å². The maximum absolute atomic E-state index is 12.5. The second kappa shape index (κ2) is 7.21. The summed E-state index contributed by atoms with van der Waals surface area (Å²) in [7, 11) is 0. The molecule has 0 saturated carbocycles. The number of hydrogen-bond acceptors (Lipinski definition) is 3. The lowest BCUT2D eigenvalue weighted by atomic mass is 10.3. The number of fused-ring (bicyclic) bond motifs is 1. The first-order valence-corrected chi connectivity index (χ1v) is 8.72. The number of aromatic nitrogens is 3. The summed E-state index contributed by atoms with van der Waals surface area (Å²) in [6.07, 6.45) is 1.65. The number of hydrogen-bond donors (Lipinski definition) is 1. The Balaban J connectivity index is 1.98. The minimum Gasteiger partial charge on any atom is -0.325 e. The maximum atomic E-state index is 12.5. The second-order valence-corrected chi connectivity index (χ2v) is 6.25. The van der Waals surface area contributed by atoms with E-state index in [4.69, 9.17) is 11.6 Å². The van der Waals surface area contributed by atoms with E-state index >= 15 is 0 Å². The largest absolute Gasteiger partial charge is 0.332 e.